The average molecular weight is 245 g/mol. The Labute approximate surface area is 99.9 Å². The summed E-state index contributed by atoms with van der Waals surface area (Å²) in [6.07, 6.45) is -0.180. The number of hydrogen-bond donors (Lipinski definition) is 2. The third-order valence-electron chi connectivity index (χ3n) is 2.19. The Morgan fingerprint density at radius 2 is 2.18 bits per heavy atom. The number of nitrogens with zero attached hydrogens (tertiary/aromatic N) is 2. The molecular weight excluding hydrogens is 226 g/mol. The Morgan fingerprint density at radius 3 is 2.82 bits per heavy atom. The van der Waals surface area contributed by atoms with Crippen molar-refractivity contribution in [2.24, 2.45) is 5.73 Å². The van der Waals surface area contributed by atoms with Crippen LogP contribution in [0.5, 0.6) is 0 Å². The topological polar surface area (TPSA) is 104 Å². The van der Waals surface area contributed by atoms with E-state index in [0.717, 1.165) is 0 Å². The smallest absolute Gasteiger partial charge is 0.246 e. The lowest BCUT2D eigenvalue weighted by Gasteiger charge is -2.08. The SMILES string of the molecule is COCCOCCc1noc(C(N)C(C)O)n1. The zero-order chi connectivity index (χ0) is 12.7. The van der Waals surface area contributed by atoms with Crippen molar-refractivity contribution in [2.45, 2.75) is 25.5 Å². The summed E-state index contributed by atoms with van der Waals surface area (Å²) in [4.78, 5) is 4.08. The quantitative estimate of drug-likeness (QED) is 0.603. The molecule has 0 radical (unpaired) electrons. The van der Waals surface area contributed by atoms with Gasteiger partial charge in [-0.1, -0.05) is 5.16 Å². The minimum Gasteiger partial charge on any atom is -0.391 e. The number of methoxy groups -OCH3 is 1. The molecule has 17 heavy (non-hydrogen) atoms. The number of rotatable bonds is 8. The molecule has 7 nitrogen and oxygen atoms in total. The van der Waals surface area contributed by atoms with Gasteiger partial charge in [0.15, 0.2) is 5.82 Å². The van der Waals surface area contributed by atoms with Crippen molar-refractivity contribution in [1.82, 2.24) is 10.1 Å². The minimum absolute atomic E-state index is 0.242. The maximum absolute atomic E-state index is 9.27. The zero-order valence-electron chi connectivity index (χ0n) is 10.1. The van der Waals surface area contributed by atoms with Crippen molar-refractivity contribution in [3.8, 4) is 0 Å². The number of aromatic nitrogens is 2. The fourth-order valence-corrected chi connectivity index (χ4v) is 1.12. The fourth-order valence-electron chi connectivity index (χ4n) is 1.12. The molecule has 0 saturated carbocycles. The van der Waals surface area contributed by atoms with Gasteiger partial charge in [0.1, 0.15) is 6.04 Å². The summed E-state index contributed by atoms with van der Waals surface area (Å²) < 4.78 is 15.0. The molecule has 0 spiro atoms. The van der Waals surface area contributed by atoms with Crippen molar-refractivity contribution in [3.63, 3.8) is 0 Å². The van der Waals surface area contributed by atoms with Crippen LogP contribution in [-0.4, -0.2) is 48.3 Å². The first-order valence-electron chi connectivity index (χ1n) is 5.48. The Bertz CT molecular complexity index is 316. The first-order valence-corrected chi connectivity index (χ1v) is 5.48. The zero-order valence-corrected chi connectivity index (χ0v) is 10.1. The van der Waals surface area contributed by atoms with E-state index in [0.29, 0.717) is 32.1 Å². The number of nitrogens with two attached hydrogens (primary N) is 1. The van der Waals surface area contributed by atoms with Gasteiger partial charge < -0.3 is 24.8 Å². The van der Waals surface area contributed by atoms with Gasteiger partial charge in [-0.25, -0.2) is 0 Å². The van der Waals surface area contributed by atoms with Crippen LogP contribution in [-0.2, 0) is 15.9 Å². The molecule has 1 rings (SSSR count). The van der Waals surface area contributed by atoms with Crippen LogP contribution in [0, 0.1) is 0 Å². The van der Waals surface area contributed by atoms with E-state index in [4.69, 9.17) is 19.7 Å². The summed E-state index contributed by atoms with van der Waals surface area (Å²) in [6.45, 7) is 3.16. The fraction of sp³-hybridized carbons (Fsp3) is 0.800. The van der Waals surface area contributed by atoms with Crippen LogP contribution in [0.4, 0.5) is 0 Å². The lowest BCUT2D eigenvalue weighted by atomic mass is 10.2. The first kappa shape index (κ1) is 14.0. The van der Waals surface area contributed by atoms with Crippen LogP contribution >= 0.6 is 0 Å². The van der Waals surface area contributed by atoms with Gasteiger partial charge in [-0.3, -0.25) is 0 Å². The van der Waals surface area contributed by atoms with Crippen molar-refractivity contribution < 1.29 is 19.1 Å². The molecule has 1 aromatic rings. The van der Waals surface area contributed by atoms with Gasteiger partial charge >= 0.3 is 0 Å². The van der Waals surface area contributed by atoms with Crippen molar-refractivity contribution in [1.29, 1.82) is 0 Å². The molecule has 1 heterocycles. The molecule has 98 valence electrons. The highest BCUT2D eigenvalue weighted by molar-refractivity contribution is 4.93. The molecule has 0 saturated heterocycles. The predicted octanol–water partition coefficient (Wildman–Crippen LogP) is -0.344. The molecule has 0 aromatic carbocycles. The maximum Gasteiger partial charge on any atom is 0.246 e. The van der Waals surface area contributed by atoms with Crippen molar-refractivity contribution in [3.05, 3.63) is 11.7 Å². The van der Waals surface area contributed by atoms with E-state index in [1.807, 2.05) is 0 Å². The van der Waals surface area contributed by atoms with E-state index in [2.05, 4.69) is 10.1 Å². The van der Waals surface area contributed by atoms with E-state index in [1.165, 1.54) is 0 Å². The van der Waals surface area contributed by atoms with Crippen LogP contribution in [0.15, 0.2) is 4.52 Å². The summed E-state index contributed by atoms with van der Waals surface area (Å²) in [5, 5.41) is 13.0. The Morgan fingerprint density at radius 1 is 1.41 bits per heavy atom. The van der Waals surface area contributed by atoms with Crippen molar-refractivity contribution >= 4 is 0 Å². The van der Waals surface area contributed by atoms with Gasteiger partial charge in [0, 0.05) is 13.5 Å². The molecule has 1 aromatic heterocycles. The molecule has 0 aliphatic heterocycles. The van der Waals surface area contributed by atoms with Gasteiger partial charge in [0.2, 0.25) is 5.89 Å². The molecular formula is C10H19N3O4. The number of ether oxygens (including phenoxy) is 2. The summed E-state index contributed by atoms with van der Waals surface area (Å²) in [7, 11) is 1.62. The summed E-state index contributed by atoms with van der Waals surface area (Å²) in [5.41, 5.74) is 5.65. The highest BCUT2D eigenvalue weighted by Crippen LogP contribution is 2.11. The second kappa shape index (κ2) is 7.33. The molecule has 2 atom stereocenters. The van der Waals surface area contributed by atoms with Crippen LogP contribution in [0.25, 0.3) is 0 Å². The Balaban J connectivity index is 2.31. The van der Waals surface area contributed by atoms with E-state index < -0.39 is 12.1 Å². The second-order valence-corrected chi connectivity index (χ2v) is 3.67. The van der Waals surface area contributed by atoms with Gasteiger partial charge in [-0.05, 0) is 6.92 Å². The summed E-state index contributed by atoms with van der Waals surface area (Å²) in [5.74, 6) is 0.764. The van der Waals surface area contributed by atoms with E-state index in [9.17, 15) is 5.11 Å². The predicted molar refractivity (Wildman–Crippen MR) is 59.3 cm³/mol. The second-order valence-electron chi connectivity index (χ2n) is 3.67. The highest BCUT2D eigenvalue weighted by Gasteiger charge is 2.19. The number of aliphatic hydroxyl groups is 1. The molecule has 7 heteroatoms. The molecule has 0 fully saturated rings. The monoisotopic (exact) mass is 245 g/mol. The third kappa shape index (κ3) is 4.78. The highest BCUT2D eigenvalue weighted by atomic mass is 16.5. The van der Waals surface area contributed by atoms with E-state index in [-0.39, 0.29) is 5.89 Å². The minimum atomic E-state index is -0.721. The van der Waals surface area contributed by atoms with E-state index >= 15 is 0 Å². The molecule has 2 unspecified atom stereocenters. The van der Waals surface area contributed by atoms with Gasteiger partial charge in [-0.2, -0.15) is 4.98 Å². The van der Waals surface area contributed by atoms with Gasteiger partial charge in [0.25, 0.3) is 0 Å². The molecule has 3 N–H and O–H groups in total. The van der Waals surface area contributed by atoms with Crippen molar-refractivity contribution in [2.75, 3.05) is 26.9 Å². The number of hydrogen-bond acceptors (Lipinski definition) is 7. The average Bonchev–Trinajstić information content (AvgIpc) is 2.76. The lowest BCUT2D eigenvalue weighted by Crippen LogP contribution is -2.23. The van der Waals surface area contributed by atoms with Gasteiger partial charge in [-0.15, -0.1) is 0 Å². The first-order chi connectivity index (χ1) is 8.15. The summed E-state index contributed by atoms with van der Waals surface area (Å²) in [6, 6.07) is -0.648. The lowest BCUT2D eigenvalue weighted by molar-refractivity contribution is 0.0714. The standard InChI is InChI=1S/C10H19N3O4/c1-7(14)9(11)10-12-8(13-17-10)3-4-16-6-5-15-2/h7,9,14H,3-6,11H2,1-2H3. The largest absolute Gasteiger partial charge is 0.391 e. The molecule has 0 aliphatic rings. The molecule has 0 amide bonds. The molecule has 0 bridgehead atoms. The Hall–Kier alpha value is -1.02. The van der Waals surface area contributed by atoms with Crippen LogP contribution in [0.3, 0.4) is 0 Å². The third-order valence-corrected chi connectivity index (χ3v) is 2.19. The van der Waals surface area contributed by atoms with Crippen LogP contribution < -0.4 is 5.73 Å². The number of aliphatic hydroxyl groups excluding tert-OH is 1. The van der Waals surface area contributed by atoms with Gasteiger partial charge in [0.05, 0.1) is 25.9 Å². The van der Waals surface area contributed by atoms with Crippen LogP contribution in [0.1, 0.15) is 24.7 Å². The van der Waals surface area contributed by atoms with Crippen LogP contribution in [0.2, 0.25) is 0 Å². The Kier molecular flexibility index (Phi) is 6.06. The maximum atomic E-state index is 9.27. The summed E-state index contributed by atoms with van der Waals surface area (Å²) >= 11 is 0. The molecule has 0 aliphatic carbocycles. The normalized spacial score (nSPS) is 14.8. The van der Waals surface area contributed by atoms with E-state index in [1.54, 1.807) is 14.0 Å².